The Morgan fingerprint density at radius 3 is 2.71 bits per heavy atom. The quantitative estimate of drug-likeness (QED) is 0.779. The van der Waals surface area contributed by atoms with Gasteiger partial charge in [-0.2, -0.15) is 0 Å². The normalized spacial score (nSPS) is 21.6. The number of nitrogens with one attached hydrogen (secondary N) is 2. The van der Waals surface area contributed by atoms with Crippen LogP contribution in [0.4, 0.5) is 4.79 Å². The van der Waals surface area contributed by atoms with Crippen LogP contribution in [0.15, 0.2) is 24.3 Å². The maximum absolute atomic E-state index is 11.9. The van der Waals surface area contributed by atoms with Crippen molar-refractivity contribution >= 4 is 6.03 Å². The number of amides is 2. The van der Waals surface area contributed by atoms with Crippen LogP contribution < -0.4 is 15.4 Å². The molecule has 21 heavy (non-hydrogen) atoms. The van der Waals surface area contributed by atoms with Crippen LogP contribution in [-0.2, 0) is 6.54 Å². The third-order valence-electron chi connectivity index (χ3n) is 3.74. The Labute approximate surface area is 125 Å². The number of para-hydroxylation sites is 1. The van der Waals surface area contributed by atoms with Crippen LogP contribution in [0.2, 0.25) is 0 Å². The van der Waals surface area contributed by atoms with Crippen LogP contribution >= 0.6 is 0 Å². The summed E-state index contributed by atoms with van der Waals surface area (Å²) in [7, 11) is 0. The van der Waals surface area contributed by atoms with Crippen LogP contribution in [0.5, 0.6) is 5.75 Å². The van der Waals surface area contributed by atoms with Crippen molar-refractivity contribution in [1.29, 1.82) is 0 Å². The van der Waals surface area contributed by atoms with Gasteiger partial charge in [-0.25, -0.2) is 4.79 Å². The molecule has 1 aliphatic rings. The first-order chi connectivity index (χ1) is 10.2. The number of rotatable bonds is 5. The first kappa shape index (κ1) is 15.6. The Morgan fingerprint density at radius 1 is 1.29 bits per heavy atom. The van der Waals surface area contributed by atoms with Crippen molar-refractivity contribution in [3.63, 3.8) is 0 Å². The van der Waals surface area contributed by atoms with Gasteiger partial charge in [-0.05, 0) is 38.7 Å². The van der Waals surface area contributed by atoms with E-state index in [1.807, 2.05) is 31.2 Å². The van der Waals surface area contributed by atoms with Crippen molar-refractivity contribution in [1.82, 2.24) is 10.6 Å². The fraction of sp³-hybridized carbons (Fsp3) is 0.562. The smallest absolute Gasteiger partial charge is 0.315 e. The van der Waals surface area contributed by atoms with E-state index in [2.05, 4.69) is 10.6 Å². The summed E-state index contributed by atoms with van der Waals surface area (Å²) in [4.78, 5) is 11.9. The minimum absolute atomic E-state index is 0.163. The van der Waals surface area contributed by atoms with E-state index in [1.165, 1.54) is 0 Å². The zero-order valence-electron chi connectivity index (χ0n) is 12.5. The highest BCUT2D eigenvalue weighted by Crippen LogP contribution is 2.19. The zero-order chi connectivity index (χ0) is 15.1. The minimum Gasteiger partial charge on any atom is -0.494 e. The van der Waals surface area contributed by atoms with E-state index in [-0.39, 0.29) is 18.2 Å². The van der Waals surface area contributed by atoms with Gasteiger partial charge in [0.1, 0.15) is 5.75 Å². The lowest BCUT2D eigenvalue weighted by atomic mass is 9.93. The molecule has 1 fully saturated rings. The van der Waals surface area contributed by atoms with Crippen molar-refractivity contribution in [3.05, 3.63) is 29.8 Å². The van der Waals surface area contributed by atoms with E-state index >= 15 is 0 Å². The maximum Gasteiger partial charge on any atom is 0.315 e. The van der Waals surface area contributed by atoms with Crippen LogP contribution in [0.1, 0.15) is 38.2 Å². The number of hydrogen-bond acceptors (Lipinski definition) is 3. The maximum atomic E-state index is 11.9. The molecule has 5 heteroatoms. The van der Waals surface area contributed by atoms with E-state index in [0.717, 1.165) is 37.0 Å². The Morgan fingerprint density at radius 2 is 2.00 bits per heavy atom. The molecule has 0 saturated heterocycles. The van der Waals surface area contributed by atoms with Gasteiger partial charge >= 0.3 is 6.03 Å². The van der Waals surface area contributed by atoms with Crippen molar-refractivity contribution in [2.24, 2.45) is 0 Å². The number of benzene rings is 1. The van der Waals surface area contributed by atoms with Crippen molar-refractivity contribution < 1.29 is 14.6 Å². The minimum atomic E-state index is -0.204. The molecule has 0 heterocycles. The first-order valence-electron chi connectivity index (χ1n) is 7.62. The SMILES string of the molecule is CCOc1ccccc1CNC(=O)NC1CCC(O)CC1. The van der Waals surface area contributed by atoms with E-state index < -0.39 is 0 Å². The summed E-state index contributed by atoms with van der Waals surface area (Å²) in [5.41, 5.74) is 0.966. The molecule has 5 nitrogen and oxygen atoms in total. The van der Waals surface area contributed by atoms with Crippen LogP contribution in [0.25, 0.3) is 0 Å². The van der Waals surface area contributed by atoms with Crippen LogP contribution in [0, 0.1) is 0 Å². The van der Waals surface area contributed by atoms with E-state index in [9.17, 15) is 9.90 Å². The molecule has 3 N–H and O–H groups in total. The van der Waals surface area contributed by atoms with Gasteiger partial charge in [0.05, 0.1) is 12.7 Å². The van der Waals surface area contributed by atoms with Gasteiger partial charge in [0.25, 0.3) is 0 Å². The predicted molar refractivity (Wildman–Crippen MR) is 81.2 cm³/mol. The highest BCUT2D eigenvalue weighted by molar-refractivity contribution is 5.74. The second-order valence-corrected chi connectivity index (χ2v) is 5.37. The lowest BCUT2D eigenvalue weighted by Crippen LogP contribution is -2.43. The molecular weight excluding hydrogens is 268 g/mol. The average molecular weight is 292 g/mol. The number of ether oxygens (including phenoxy) is 1. The molecule has 0 spiro atoms. The number of aliphatic hydroxyl groups excluding tert-OH is 1. The topological polar surface area (TPSA) is 70.6 Å². The zero-order valence-corrected chi connectivity index (χ0v) is 12.5. The number of carbonyl (C=O) groups excluding carboxylic acids is 1. The molecule has 1 aromatic rings. The van der Waals surface area contributed by atoms with Crippen molar-refractivity contribution in [2.75, 3.05) is 6.61 Å². The lowest BCUT2D eigenvalue weighted by Gasteiger charge is -2.26. The third-order valence-corrected chi connectivity index (χ3v) is 3.74. The highest BCUT2D eigenvalue weighted by Gasteiger charge is 2.20. The molecule has 0 bridgehead atoms. The number of hydrogen-bond donors (Lipinski definition) is 3. The molecule has 0 unspecified atom stereocenters. The molecule has 2 amide bonds. The van der Waals surface area contributed by atoms with E-state index in [4.69, 9.17) is 4.74 Å². The van der Waals surface area contributed by atoms with Gasteiger partial charge in [-0.3, -0.25) is 0 Å². The van der Waals surface area contributed by atoms with Crippen LogP contribution in [-0.4, -0.2) is 29.9 Å². The second kappa shape index (κ2) is 7.88. The van der Waals surface area contributed by atoms with Gasteiger partial charge in [0.2, 0.25) is 0 Å². The average Bonchev–Trinajstić information content (AvgIpc) is 2.49. The van der Waals surface area contributed by atoms with Crippen LogP contribution in [0.3, 0.4) is 0 Å². The summed E-state index contributed by atoms with van der Waals surface area (Å²) in [6, 6.07) is 7.70. The summed E-state index contributed by atoms with van der Waals surface area (Å²) >= 11 is 0. The number of carbonyl (C=O) groups is 1. The molecule has 0 aromatic heterocycles. The summed E-state index contributed by atoms with van der Waals surface area (Å²) in [6.07, 6.45) is 2.99. The standard InChI is InChI=1S/C16H24N2O3/c1-2-21-15-6-4-3-5-12(15)11-17-16(20)18-13-7-9-14(19)10-8-13/h3-6,13-14,19H,2,7-11H2,1H3,(H2,17,18,20). The first-order valence-corrected chi connectivity index (χ1v) is 7.62. The fourth-order valence-electron chi connectivity index (χ4n) is 2.58. The predicted octanol–water partition coefficient (Wildman–Crippen LogP) is 2.19. The molecule has 0 radical (unpaired) electrons. The highest BCUT2D eigenvalue weighted by atomic mass is 16.5. The molecule has 116 valence electrons. The largest absolute Gasteiger partial charge is 0.494 e. The molecule has 1 aromatic carbocycles. The van der Waals surface area contributed by atoms with Gasteiger partial charge in [0, 0.05) is 18.2 Å². The van der Waals surface area contributed by atoms with Gasteiger partial charge < -0.3 is 20.5 Å². The lowest BCUT2D eigenvalue weighted by molar-refractivity contribution is 0.117. The molecule has 0 atom stereocenters. The van der Waals surface area contributed by atoms with Crippen molar-refractivity contribution in [2.45, 2.75) is 51.3 Å². The second-order valence-electron chi connectivity index (χ2n) is 5.37. The van der Waals surface area contributed by atoms with Gasteiger partial charge in [-0.1, -0.05) is 18.2 Å². The molecule has 1 aliphatic carbocycles. The Hall–Kier alpha value is -1.75. The monoisotopic (exact) mass is 292 g/mol. The van der Waals surface area contributed by atoms with E-state index in [0.29, 0.717) is 13.2 Å². The summed E-state index contributed by atoms with van der Waals surface area (Å²) in [6.45, 7) is 2.99. The number of aliphatic hydroxyl groups is 1. The Kier molecular flexibility index (Phi) is 5.87. The Balaban J connectivity index is 1.78. The summed E-state index contributed by atoms with van der Waals surface area (Å²) < 4.78 is 5.53. The molecule has 2 rings (SSSR count). The molecular formula is C16H24N2O3. The molecule has 0 aliphatic heterocycles. The van der Waals surface area contributed by atoms with E-state index in [1.54, 1.807) is 0 Å². The fourth-order valence-corrected chi connectivity index (χ4v) is 2.58. The summed E-state index contributed by atoms with van der Waals surface area (Å²) in [5, 5.41) is 15.3. The van der Waals surface area contributed by atoms with Crippen molar-refractivity contribution in [3.8, 4) is 5.75 Å². The van der Waals surface area contributed by atoms with Gasteiger partial charge in [-0.15, -0.1) is 0 Å². The number of urea groups is 1. The Bertz CT molecular complexity index is 457. The van der Waals surface area contributed by atoms with Gasteiger partial charge in [0.15, 0.2) is 0 Å². The summed E-state index contributed by atoms with van der Waals surface area (Å²) in [5.74, 6) is 0.807. The molecule has 1 saturated carbocycles. The third kappa shape index (κ3) is 4.93.